The fourth-order valence-corrected chi connectivity index (χ4v) is 3.91. The monoisotopic (exact) mass is 275 g/mol. The molecule has 1 aliphatic heterocycles. The van der Waals surface area contributed by atoms with Gasteiger partial charge in [-0.15, -0.1) is 0 Å². The maximum absolute atomic E-state index is 11.4. The Labute approximate surface area is 110 Å². The van der Waals surface area contributed by atoms with E-state index in [9.17, 15) is 8.42 Å². The van der Waals surface area contributed by atoms with Crippen LogP contribution >= 0.6 is 0 Å². The zero-order chi connectivity index (χ0) is 13.2. The second-order valence-electron chi connectivity index (χ2n) is 5.86. The summed E-state index contributed by atoms with van der Waals surface area (Å²) in [4.78, 5) is 2.33. The van der Waals surface area contributed by atoms with Crippen LogP contribution in [0.4, 0.5) is 0 Å². The normalized spacial score (nSPS) is 27.2. The van der Waals surface area contributed by atoms with Gasteiger partial charge in [0.25, 0.3) is 0 Å². The minimum absolute atomic E-state index is 0.0362. The summed E-state index contributed by atoms with van der Waals surface area (Å²) >= 11 is 0. The van der Waals surface area contributed by atoms with Gasteiger partial charge in [0.15, 0.2) is 0 Å². The average Bonchev–Trinajstić information content (AvgIpc) is 2.29. The lowest BCUT2D eigenvalue weighted by Gasteiger charge is -2.41. The molecule has 2 aliphatic rings. The van der Waals surface area contributed by atoms with E-state index in [-0.39, 0.29) is 5.54 Å². The predicted octanol–water partition coefficient (Wildman–Crippen LogP) is 0.225. The van der Waals surface area contributed by atoms with Crippen LogP contribution in [0.25, 0.3) is 0 Å². The predicted molar refractivity (Wildman–Crippen MR) is 72.9 cm³/mol. The van der Waals surface area contributed by atoms with Gasteiger partial charge < -0.3 is 5.73 Å². The SMILES string of the molecule is CS(=O)(=O)N1CCN(CC2(N)CCCCC2)CC1. The molecule has 0 atom stereocenters. The number of sulfonamides is 1. The van der Waals surface area contributed by atoms with Gasteiger partial charge in [-0.05, 0) is 12.8 Å². The molecule has 0 aromatic rings. The van der Waals surface area contributed by atoms with Crippen LogP contribution in [0.1, 0.15) is 32.1 Å². The minimum atomic E-state index is -3.02. The van der Waals surface area contributed by atoms with Gasteiger partial charge in [-0.2, -0.15) is 4.31 Å². The van der Waals surface area contributed by atoms with Crippen molar-refractivity contribution in [2.45, 2.75) is 37.6 Å². The largest absolute Gasteiger partial charge is 0.324 e. The first kappa shape index (κ1) is 14.2. The van der Waals surface area contributed by atoms with Crippen LogP contribution in [0.2, 0.25) is 0 Å². The fraction of sp³-hybridized carbons (Fsp3) is 1.00. The molecule has 1 aliphatic carbocycles. The van der Waals surface area contributed by atoms with Gasteiger partial charge in [-0.3, -0.25) is 4.90 Å². The highest BCUT2D eigenvalue weighted by Gasteiger charge is 2.32. The molecular formula is C12H25N3O2S. The van der Waals surface area contributed by atoms with Crippen molar-refractivity contribution in [3.63, 3.8) is 0 Å². The second-order valence-corrected chi connectivity index (χ2v) is 7.84. The molecule has 1 saturated carbocycles. The summed E-state index contributed by atoms with van der Waals surface area (Å²) in [6, 6.07) is 0. The minimum Gasteiger partial charge on any atom is -0.324 e. The van der Waals surface area contributed by atoms with E-state index in [0.29, 0.717) is 13.1 Å². The molecule has 1 saturated heterocycles. The van der Waals surface area contributed by atoms with Crippen molar-refractivity contribution in [3.8, 4) is 0 Å². The van der Waals surface area contributed by atoms with E-state index in [1.54, 1.807) is 4.31 Å². The molecule has 0 unspecified atom stereocenters. The van der Waals surface area contributed by atoms with Crippen LogP contribution in [0.15, 0.2) is 0 Å². The Hall–Kier alpha value is -0.170. The number of rotatable bonds is 3. The third-order valence-corrected chi connectivity index (χ3v) is 5.49. The van der Waals surface area contributed by atoms with Crippen LogP contribution in [0.5, 0.6) is 0 Å². The van der Waals surface area contributed by atoms with E-state index in [1.165, 1.54) is 25.5 Å². The van der Waals surface area contributed by atoms with Crippen molar-refractivity contribution in [1.82, 2.24) is 9.21 Å². The number of hydrogen-bond donors (Lipinski definition) is 1. The third-order valence-electron chi connectivity index (χ3n) is 4.19. The van der Waals surface area contributed by atoms with Crippen LogP contribution in [0, 0.1) is 0 Å². The molecule has 2 N–H and O–H groups in total. The van der Waals surface area contributed by atoms with E-state index in [0.717, 1.165) is 32.5 Å². The van der Waals surface area contributed by atoms with Crippen molar-refractivity contribution >= 4 is 10.0 Å². The standard InChI is InChI=1S/C12H25N3O2S/c1-18(16,17)15-9-7-14(8-10-15)11-12(13)5-3-2-4-6-12/h2-11,13H2,1H3. The van der Waals surface area contributed by atoms with Crippen molar-refractivity contribution in [2.75, 3.05) is 39.0 Å². The molecule has 0 spiro atoms. The highest BCUT2D eigenvalue weighted by Crippen LogP contribution is 2.27. The van der Waals surface area contributed by atoms with E-state index >= 15 is 0 Å². The van der Waals surface area contributed by atoms with Crippen molar-refractivity contribution < 1.29 is 8.42 Å². The second kappa shape index (κ2) is 5.45. The molecule has 106 valence electrons. The Kier molecular flexibility index (Phi) is 4.31. The Morgan fingerprint density at radius 2 is 1.61 bits per heavy atom. The number of nitrogens with two attached hydrogens (primary N) is 1. The van der Waals surface area contributed by atoms with Crippen molar-refractivity contribution in [2.24, 2.45) is 5.73 Å². The molecule has 0 amide bonds. The summed E-state index contributed by atoms with van der Waals surface area (Å²) in [5, 5.41) is 0. The van der Waals surface area contributed by atoms with E-state index in [2.05, 4.69) is 4.90 Å². The first-order chi connectivity index (χ1) is 8.39. The van der Waals surface area contributed by atoms with E-state index in [1.807, 2.05) is 0 Å². The summed E-state index contributed by atoms with van der Waals surface area (Å²) < 4.78 is 24.4. The average molecular weight is 275 g/mol. The molecule has 0 aromatic heterocycles. The van der Waals surface area contributed by atoms with Gasteiger partial charge in [-0.1, -0.05) is 19.3 Å². The first-order valence-electron chi connectivity index (χ1n) is 6.85. The Morgan fingerprint density at radius 3 is 2.11 bits per heavy atom. The van der Waals surface area contributed by atoms with Gasteiger partial charge in [0.05, 0.1) is 6.26 Å². The molecule has 1 heterocycles. The molecule has 0 bridgehead atoms. The lowest BCUT2D eigenvalue weighted by atomic mass is 9.82. The van der Waals surface area contributed by atoms with Gasteiger partial charge in [0.2, 0.25) is 10.0 Å². The smallest absolute Gasteiger partial charge is 0.211 e. The summed E-state index contributed by atoms with van der Waals surface area (Å²) in [5.74, 6) is 0. The maximum Gasteiger partial charge on any atom is 0.211 e. The molecule has 2 fully saturated rings. The molecule has 0 aromatic carbocycles. The van der Waals surface area contributed by atoms with Gasteiger partial charge >= 0.3 is 0 Å². The first-order valence-corrected chi connectivity index (χ1v) is 8.70. The fourth-order valence-electron chi connectivity index (χ4n) is 3.08. The quantitative estimate of drug-likeness (QED) is 0.800. The number of nitrogens with zero attached hydrogens (tertiary/aromatic N) is 2. The van der Waals surface area contributed by atoms with Crippen LogP contribution in [-0.4, -0.2) is 62.1 Å². The Bertz CT molecular complexity index is 369. The van der Waals surface area contributed by atoms with Gasteiger partial charge in [0.1, 0.15) is 0 Å². The third kappa shape index (κ3) is 3.66. The molecule has 5 nitrogen and oxygen atoms in total. The number of piperazine rings is 1. The Morgan fingerprint density at radius 1 is 1.06 bits per heavy atom. The van der Waals surface area contributed by atoms with Crippen molar-refractivity contribution in [1.29, 1.82) is 0 Å². The van der Waals surface area contributed by atoms with Crippen molar-refractivity contribution in [3.05, 3.63) is 0 Å². The van der Waals surface area contributed by atoms with E-state index in [4.69, 9.17) is 5.73 Å². The summed E-state index contributed by atoms with van der Waals surface area (Å²) in [7, 11) is -3.02. The molecule has 0 radical (unpaired) electrons. The Balaban J connectivity index is 1.83. The molecule has 6 heteroatoms. The lowest BCUT2D eigenvalue weighted by Crippen LogP contribution is -2.56. The summed E-state index contributed by atoms with van der Waals surface area (Å²) in [6.07, 6.45) is 7.28. The van der Waals surface area contributed by atoms with Gasteiger partial charge in [0, 0.05) is 38.3 Å². The molecule has 18 heavy (non-hydrogen) atoms. The molecule has 2 rings (SSSR count). The van der Waals surface area contributed by atoms with Crippen LogP contribution < -0.4 is 5.73 Å². The highest BCUT2D eigenvalue weighted by atomic mass is 32.2. The molecular weight excluding hydrogens is 250 g/mol. The topological polar surface area (TPSA) is 66.6 Å². The van der Waals surface area contributed by atoms with Gasteiger partial charge in [-0.25, -0.2) is 8.42 Å². The number of hydrogen-bond acceptors (Lipinski definition) is 4. The zero-order valence-electron chi connectivity index (χ0n) is 11.3. The summed E-state index contributed by atoms with van der Waals surface area (Å²) in [6.45, 7) is 3.76. The summed E-state index contributed by atoms with van der Waals surface area (Å²) in [5.41, 5.74) is 6.40. The van der Waals surface area contributed by atoms with E-state index < -0.39 is 10.0 Å². The highest BCUT2D eigenvalue weighted by molar-refractivity contribution is 7.88. The van der Waals surface area contributed by atoms with Crippen LogP contribution in [0.3, 0.4) is 0 Å². The van der Waals surface area contributed by atoms with Crippen LogP contribution in [-0.2, 0) is 10.0 Å². The maximum atomic E-state index is 11.4. The zero-order valence-corrected chi connectivity index (χ0v) is 12.1. The lowest BCUT2D eigenvalue weighted by molar-refractivity contribution is 0.133.